The van der Waals surface area contributed by atoms with Crippen molar-refractivity contribution >= 4 is 29.6 Å². The Balaban J connectivity index is 1.41. The SMILES string of the molecule is C=CC(=O)Nc1ccc(SN2CCN(C(=O)NCc3ccccc3)CC2)cc1. The van der Waals surface area contributed by atoms with Crippen molar-refractivity contribution in [2.75, 3.05) is 31.5 Å². The second-order valence-electron chi connectivity index (χ2n) is 6.37. The summed E-state index contributed by atoms with van der Waals surface area (Å²) in [4.78, 5) is 26.6. The highest BCUT2D eigenvalue weighted by atomic mass is 32.2. The molecule has 0 saturated carbocycles. The fourth-order valence-electron chi connectivity index (χ4n) is 2.81. The molecular formula is C21H24N4O2S. The summed E-state index contributed by atoms with van der Waals surface area (Å²) in [6.45, 7) is 6.99. The Morgan fingerprint density at radius 2 is 1.68 bits per heavy atom. The Hall–Kier alpha value is -2.77. The van der Waals surface area contributed by atoms with Crippen LogP contribution >= 0.6 is 11.9 Å². The van der Waals surface area contributed by atoms with E-state index in [1.54, 1.807) is 11.9 Å². The molecule has 28 heavy (non-hydrogen) atoms. The minimum Gasteiger partial charge on any atom is -0.334 e. The summed E-state index contributed by atoms with van der Waals surface area (Å²) in [5, 5.41) is 5.71. The maximum Gasteiger partial charge on any atom is 0.317 e. The molecule has 0 atom stereocenters. The Kier molecular flexibility index (Phi) is 7.11. The minimum absolute atomic E-state index is 0.0178. The molecule has 1 fully saturated rings. The van der Waals surface area contributed by atoms with Crippen LogP contribution in [0.15, 0.2) is 72.1 Å². The van der Waals surface area contributed by atoms with Crippen molar-refractivity contribution in [1.29, 1.82) is 0 Å². The van der Waals surface area contributed by atoms with Crippen LogP contribution in [0, 0.1) is 0 Å². The molecule has 0 unspecified atom stereocenters. The topological polar surface area (TPSA) is 64.7 Å². The van der Waals surface area contributed by atoms with E-state index in [1.807, 2.05) is 59.5 Å². The van der Waals surface area contributed by atoms with Crippen LogP contribution in [0.1, 0.15) is 5.56 Å². The lowest BCUT2D eigenvalue weighted by Crippen LogP contribution is -2.49. The lowest BCUT2D eigenvalue weighted by Gasteiger charge is -2.33. The molecule has 0 bridgehead atoms. The van der Waals surface area contributed by atoms with Gasteiger partial charge in [-0.3, -0.25) is 4.79 Å². The molecule has 0 radical (unpaired) electrons. The number of hydrogen-bond acceptors (Lipinski definition) is 4. The van der Waals surface area contributed by atoms with Crippen molar-refractivity contribution in [3.63, 3.8) is 0 Å². The van der Waals surface area contributed by atoms with Crippen molar-refractivity contribution in [3.8, 4) is 0 Å². The molecule has 1 aliphatic rings. The van der Waals surface area contributed by atoms with Crippen molar-refractivity contribution in [2.24, 2.45) is 0 Å². The smallest absolute Gasteiger partial charge is 0.317 e. The normalized spacial score (nSPS) is 14.4. The first-order valence-electron chi connectivity index (χ1n) is 9.17. The van der Waals surface area contributed by atoms with E-state index < -0.39 is 0 Å². The molecule has 1 aliphatic heterocycles. The van der Waals surface area contributed by atoms with Crippen LogP contribution in [-0.2, 0) is 11.3 Å². The van der Waals surface area contributed by atoms with Crippen LogP contribution in [-0.4, -0.2) is 47.3 Å². The van der Waals surface area contributed by atoms with Gasteiger partial charge in [0, 0.05) is 43.3 Å². The molecule has 7 heteroatoms. The third-order valence-corrected chi connectivity index (χ3v) is 5.46. The standard InChI is InChI=1S/C21H24N4O2S/c1-2-20(26)23-18-8-10-19(11-9-18)28-25-14-12-24(13-15-25)21(27)22-16-17-6-4-3-5-7-17/h2-11H,1,12-16H2,(H,22,27)(H,23,26). The number of carbonyl (C=O) groups is 2. The van der Waals surface area contributed by atoms with Gasteiger partial charge < -0.3 is 15.5 Å². The van der Waals surface area contributed by atoms with Gasteiger partial charge in [-0.1, -0.05) is 36.9 Å². The van der Waals surface area contributed by atoms with Crippen LogP contribution in [0.3, 0.4) is 0 Å². The van der Waals surface area contributed by atoms with E-state index in [4.69, 9.17) is 0 Å². The lowest BCUT2D eigenvalue weighted by atomic mass is 10.2. The number of amides is 3. The van der Waals surface area contributed by atoms with E-state index in [1.165, 1.54) is 6.08 Å². The van der Waals surface area contributed by atoms with Gasteiger partial charge in [0.15, 0.2) is 0 Å². The Morgan fingerprint density at radius 3 is 2.32 bits per heavy atom. The van der Waals surface area contributed by atoms with E-state index in [0.29, 0.717) is 19.6 Å². The monoisotopic (exact) mass is 396 g/mol. The van der Waals surface area contributed by atoms with E-state index in [2.05, 4.69) is 21.5 Å². The summed E-state index contributed by atoms with van der Waals surface area (Å²) in [5.74, 6) is -0.220. The third-order valence-electron chi connectivity index (χ3n) is 4.35. The molecule has 3 rings (SSSR count). The number of rotatable bonds is 6. The molecule has 3 amide bonds. The van der Waals surface area contributed by atoms with E-state index in [9.17, 15) is 9.59 Å². The summed E-state index contributed by atoms with van der Waals surface area (Å²) in [7, 11) is 0. The average molecular weight is 397 g/mol. The first kappa shape index (κ1) is 20.0. The summed E-state index contributed by atoms with van der Waals surface area (Å²) in [6, 6.07) is 17.6. The van der Waals surface area contributed by atoms with Crippen LogP contribution in [0.4, 0.5) is 10.5 Å². The molecule has 2 aromatic rings. The number of benzene rings is 2. The van der Waals surface area contributed by atoms with Crippen LogP contribution in [0.2, 0.25) is 0 Å². The van der Waals surface area contributed by atoms with Crippen LogP contribution in [0.25, 0.3) is 0 Å². The van der Waals surface area contributed by atoms with Gasteiger partial charge in [-0.05, 0) is 47.9 Å². The molecule has 0 aromatic heterocycles. The fourth-order valence-corrected chi connectivity index (χ4v) is 3.71. The van der Waals surface area contributed by atoms with E-state index in [0.717, 1.165) is 29.2 Å². The van der Waals surface area contributed by atoms with Gasteiger partial charge in [-0.25, -0.2) is 9.10 Å². The third kappa shape index (κ3) is 5.87. The first-order chi connectivity index (χ1) is 13.6. The number of anilines is 1. The molecule has 0 spiro atoms. The number of hydrogen-bond donors (Lipinski definition) is 2. The molecule has 146 valence electrons. The molecule has 0 aliphatic carbocycles. The predicted molar refractivity (Wildman–Crippen MR) is 113 cm³/mol. The summed E-state index contributed by atoms with van der Waals surface area (Å²) >= 11 is 1.66. The highest BCUT2D eigenvalue weighted by molar-refractivity contribution is 7.97. The van der Waals surface area contributed by atoms with E-state index >= 15 is 0 Å². The van der Waals surface area contributed by atoms with Gasteiger partial charge >= 0.3 is 6.03 Å². The second kappa shape index (κ2) is 9.96. The van der Waals surface area contributed by atoms with Crippen molar-refractivity contribution in [3.05, 3.63) is 72.8 Å². The minimum atomic E-state index is -0.220. The Labute approximate surface area is 169 Å². The van der Waals surface area contributed by atoms with Gasteiger partial charge in [-0.15, -0.1) is 0 Å². The van der Waals surface area contributed by atoms with Crippen LogP contribution in [0.5, 0.6) is 0 Å². The van der Waals surface area contributed by atoms with Gasteiger partial charge in [0.25, 0.3) is 0 Å². The highest BCUT2D eigenvalue weighted by Gasteiger charge is 2.21. The zero-order valence-corrected chi connectivity index (χ0v) is 16.5. The molecule has 1 heterocycles. The molecule has 1 saturated heterocycles. The van der Waals surface area contributed by atoms with Crippen molar-refractivity contribution in [2.45, 2.75) is 11.4 Å². The zero-order chi connectivity index (χ0) is 19.8. The van der Waals surface area contributed by atoms with Crippen LogP contribution < -0.4 is 10.6 Å². The summed E-state index contributed by atoms with van der Waals surface area (Å²) in [6.07, 6.45) is 1.25. The number of nitrogens with zero attached hydrogens (tertiary/aromatic N) is 2. The largest absolute Gasteiger partial charge is 0.334 e. The highest BCUT2D eigenvalue weighted by Crippen LogP contribution is 2.25. The van der Waals surface area contributed by atoms with Gasteiger partial charge in [0.1, 0.15) is 0 Å². The lowest BCUT2D eigenvalue weighted by molar-refractivity contribution is -0.111. The van der Waals surface area contributed by atoms with Crippen molar-refractivity contribution < 1.29 is 9.59 Å². The summed E-state index contributed by atoms with van der Waals surface area (Å²) in [5.41, 5.74) is 1.84. The van der Waals surface area contributed by atoms with E-state index in [-0.39, 0.29) is 11.9 Å². The van der Waals surface area contributed by atoms with Crippen molar-refractivity contribution in [1.82, 2.24) is 14.5 Å². The fraction of sp³-hybridized carbons (Fsp3) is 0.238. The molecular weight excluding hydrogens is 372 g/mol. The molecule has 6 nitrogen and oxygen atoms in total. The first-order valence-corrected chi connectivity index (χ1v) is 9.94. The number of nitrogens with one attached hydrogen (secondary N) is 2. The number of urea groups is 1. The Morgan fingerprint density at radius 1 is 1.00 bits per heavy atom. The average Bonchev–Trinajstić information content (AvgIpc) is 2.74. The Bertz CT molecular complexity index is 803. The summed E-state index contributed by atoms with van der Waals surface area (Å²) < 4.78 is 2.25. The zero-order valence-electron chi connectivity index (χ0n) is 15.6. The number of piperazine rings is 1. The predicted octanol–water partition coefficient (Wildman–Crippen LogP) is 3.35. The molecule has 2 N–H and O–H groups in total. The van der Waals surface area contributed by atoms with Gasteiger partial charge in [0.05, 0.1) is 0 Å². The maximum absolute atomic E-state index is 12.3. The second-order valence-corrected chi connectivity index (χ2v) is 7.54. The molecule has 2 aromatic carbocycles. The van der Waals surface area contributed by atoms with Gasteiger partial charge in [-0.2, -0.15) is 0 Å². The maximum atomic E-state index is 12.3. The quantitative estimate of drug-likeness (QED) is 0.581. The van der Waals surface area contributed by atoms with Gasteiger partial charge in [0.2, 0.25) is 5.91 Å². The number of carbonyl (C=O) groups excluding carboxylic acids is 2.